The highest BCUT2D eigenvalue weighted by Gasteiger charge is 1.87. The average Bonchev–Trinajstić information content (AvgIpc) is 1.86. The molecule has 1 rings (SSSR count). The highest BCUT2D eigenvalue weighted by atomic mass is 28.1. The van der Waals surface area contributed by atoms with Crippen molar-refractivity contribution in [1.82, 2.24) is 0 Å². The molecule has 0 aromatic rings. The molecule has 0 fully saturated rings. The van der Waals surface area contributed by atoms with Gasteiger partial charge < -0.3 is 0 Å². The molecular weight excluding hydrogens is 100 g/mol. The molecular formula is C6H5Si. The van der Waals surface area contributed by atoms with Crippen LogP contribution in [0.4, 0.5) is 0 Å². The molecule has 7 radical (unpaired) electrons. The van der Waals surface area contributed by atoms with E-state index in [1.807, 2.05) is 12.2 Å². The van der Waals surface area contributed by atoms with Crippen LogP contribution in [0.5, 0.6) is 0 Å². The van der Waals surface area contributed by atoms with Crippen LogP contribution in [0.25, 0.3) is 0 Å². The Morgan fingerprint density at radius 2 is 2.29 bits per heavy atom. The van der Waals surface area contributed by atoms with Crippen LogP contribution in [-0.2, 0) is 0 Å². The van der Waals surface area contributed by atoms with Gasteiger partial charge >= 0.3 is 0 Å². The minimum absolute atomic E-state index is 0. The van der Waals surface area contributed by atoms with E-state index in [0.29, 0.717) is 0 Å². The van der Waals surface area contributed by atoms with E-state index in [-0.39, 0.29) is 11.0 Å². The second kappa shape index (κ2) is 2.80. The lowest BCUT2D eigenvalue weighted by atomic mass is 10.3. The first-order valence-corrected chi connectivity index (χ1v) is 1.97. The SMILES string of the molecule is [C]C1=CC=CC1.[Si]. The average molecular weight is 105 g/mol. The van der Waals surface area contributed by atoms with Gasteiger partial charge in [0.05, 0.1) is 0 Å². The highest BCUT2D eigenvalue weighted by molar-refractivity contribution is 5.75. The van der Waals surface area contributed by atoms with Crippen molar-refractivity contribution in [2.45, 2.75) is 6.42 Å². The molecule has 0 spiro atoms. The van der Waals surface area contributed by atoms with Gasteiger partial charge in [-0.1, -0.05) is 23.8 Å². The fourth-order valence-electron chi connectivity index (χ4n) is 0.447. The lowest BCUT2D eigenvalue weighted by Gasteiger charge is -1.77. The number of allylic oxidation sites excluding steroid dienone is 4. The molecule has 1 heteroatoms. The van der Waals surface area contributed by atoms with Crippen molar-refractivity contribution in [1.29, 1.82) is 0 Å². The van der Waals surface area contributed by atoms with Crippen molar-refractivity contribution in [3.8, 4) is 0 Å². The molecule has 0 saturated heterocycles. The highest BCUT2D eigenvalue weighted by Crippen LogP contribution is 2.06. The summed E-state index contributed by atoms with van der Waals surface area (Å²) in [4.78, 5) is 0. The molecule has 0 N–H and O–H groups in total. The molecule has 0 atom stereocenters. The van der Waals surface area contributed by atoms with Crippen LogP contribution in [-0.4, -0.2) is 11.0 Å². The summed E-state index contributed by atoms with van der Waals surface area (Å²) in [7, 11) is 0. The summed E-state index contributed by atoms with van der Waals surface area (Å²) in [5.74, 6) is 0. The van der Waals surface area contributed by atoms with Gasteiger partial charge in [0.1, 0.15) is 0 Å². The maximum atomic E-state index is 6.93. The van der Waals surface area contributed by atoms with E-state index in [9.17, 15) is 0 Å². The van der Waals surface area contributed by atoms with Gasteiger partial charge in [0, 0.05) is 17.9 Å². The van der Waals surface area contributed by atoms with Crippen LogP contribution in [0.1, 0.15) is 6.42 Å². The second-order valence-electron chi connectivity index (χ2n) is 1.32. The number of hydrogen-bond acceptors (Lipinski definition) is 0. The smallest absolute Gasteiger partial charge is 0.0254 e. The Morgan fingerprint density at radius 1 is 1.57 bits per heavy atom. The van der Waals surface area contributed by atoms with Crippen molar-refractivity contribution in [2.24, 2.45) is 0 Å². The maximum Gasteiger partial charge on any atom is 0.0254 e. The normalized spacial score (nSPS) is 15.9. The molecule has 33 valence electrons. The minimum atomic E-state index is 0. The predicted molar refractivity (Wildman–Crippen MR) is 30.8 cm³/mol. The third-order valence-corrected chi connectivity index (χ3v) is 0.771. The first-order valence-electron chi connectivity index (χ1n) is 1.97. The molecule has 0 nitrogen and oxygen atoms in total. The Labute approximate surface area is 49.0 Å². The fourth-order valence-corrected chi connectivity index (χ4v) is 0.447. The first-order chi connectivity index (χ1) is 2.89. The molecule has 0 bridgehead atoms. The zero-order valence-corrected chi connectivity index (χ0v) is 4.94. The fraction of sp³-hybridized carbons (Fsp3) is 0.167. The van der Waals surface area contributed by atoms with E-state index in [1.54, 1.807) is 6.08 Å². The zero-order chi connectivity index (χ0) is 4.41. The van der Waals surface area contributed by atoms with Gasteiger partial charge in [-0.15, -0.1) is 0 Å². The van der Waals surface area contributed by atoms with E-state index >= 15 is 0 Å². The molecule has 0 aromatic carbocycles. The van der Waals surface area contributed by atoms with Gasteiger partial charge in [-0.3, -0.25) is 0 Å². The molecule has 0 aromatic heterocycles. The Bertz CT molecular complexity index is 101. The van der Waals surface area contributed by atoms with Gasteiger partial charge in [-0.25, -0.2) is 0 Å². The Balaban J connectivity index is 0.000000360. The summed E-state index contributed by atoms with van der Waals surface area (Å²) in [5, 5.41) is 0. The second-order valence-corrected chi connectivity index (χ2v) is 1.32. The summed E-state index contributed by atoms with van der Waals surface area (Å²) in [6.07, 6.45) is 6.52. The van der Waals surface area contributed by atoms with E-state index in [4.69, 9.17) is 6.92 Å². The van der Waals surface area contributed by atoms with Crippen LogP contribution in [0.2, 0.25) is 0 Å². The summed E-state index contributed by atoms with van der Waals surface area (Å²) in [6, 6.07) is 0. The van der Waals surface area contributed by atoms with Crippen molar-refractivity contribution in [3.63, 3.8) is 0 Å². The monoisotopic (exact) mass is 105 g/mol. The Kier molecular flexibility index (Phi) is 2.68. The molecule has 0 amide bonds. The predicted octanol–water partition coefficient (Wildman–Crippen LogP) is 1.08. The molecule has 1 aliphatic carbocycles. The lowest BCUT2D eigenvalue weighted by Crippen LogP contribution is -1.59. The van der Waals surface area contributed by atoms with E-state index in [1.165, 1.54) is 0 Å². The Morgan fingerprint density at radius 3 is 2.43 bits per heavy atom. The van der Waals surface area contributed by atoms with Crippen molar-refractivity contribution >= 4 is 11.0 Å². The quantitative estimate of drug-likeness (QED) is 0.404. The maximum absolute atomic E-state index is 6.93. The third-order valence-electron chi connectivity index (χ3n) is 0.771. The summed E-state index contributed by atoms with van der Waals surface area (Å²) >= 11 is 0. The van der Waals surface area contributed by atoms with Crippen LogP contribution >= 0.6 is 0 Å². The summed E-state index contributed by atoms with van der Waals surface area (Å²) < 4.78 is 0. The van der Waals surface area contributed by atoms with Gasteiger partial charge in [-0.2, -0.15) is 0 Å². The lowest BCUT2D eigenvalue weighted by molar-refractivity contribution is 1.34. The van der Waals surface area contributed by atoms with Crippen LogP contribution in [0.3, 0.4) is 0 Å². The molecule has 0 unspecified atom stereocenters. The van der Waals surface area contributed by atoms with Gasteiger partial charge in [0.2, 0.25) is 0 Å². The minimum Gasteiger partial charge on any atom is -0.0804 e. The molecule has 7 heavy (non-hydrogen) atoms. The molecule has 0 aliphatic heterocycles. The van der Waals surface area contributed by atoms with E-state index < -0.39 is 0 Å². The molecule has 1 aliphatic rings. The topological polar surface area (TPSA) is 0 Å². The first kappa shape index (κ1) is 6.70. The van der Waals surface area contributed by atoms with Crippen molar-refractivity contribution in [3.05, 3.63) is 30.7 Å². The summed E-state index contributed by atoms with van der Waals surface area (Å²) in [5.41, 5.74) is 0.718. The standard InChI is InChI=1S/C6H5.Si/c1-6-4-2-3-5-6;/h2-4H,5H2;. The number of rotatable bonds is 0. The van der Waals surface area contributed by atoms with Crippen molar-refractivity contribution < 1.29 is 0 Å². The van der Waals surface area contributed by atoms with E-state index in [2.05, 4.69) is 0 Å². The van der Waals surface area contributed by atoms with E-state index in [0.717, 1.165) is 12.0 Å². The van der Waals surface area contributed by atoms with Gasteiger partial charge in [-0.05, 0) is 6.42 Å². The number of hydrogen-bond donors (Lipinski definition) is 0. The third kappa shape index (κ3) is 1.74. The zero-order valence-electron chi connectivity index (χ0n) is 3.94. The van der Waals surface area contributed by atoms with Crippen LogP contribution < -0.4 is 0 Å². The largest absolute Gasteiger partial charge is 0.0804 e. The Hall–Kier alpha value is -0.303. The molecule has 0 heterocycles. The van der Waals surface area contributed by atoms with Crippen molar-refractivity contribution in [2.75, 3.05) is 0 Å². The van der Waals surface area contributed by atoms with Crippen LogP contribution in [0, 0.1) is 6.92 Å². The summed E-state index contributed by atoms with van der Waals surface area (Å²) in [6.45, 7) is 6.93. The molecule has 0 saturated carbocycles. The van der Waals surface area contributed by atoms with Crippen LogP contribution in [0.15, 0.2) is 23.8 Å². The van der Waals surface area contributed by atoms with Gasteiger partial charge in [0.15, 0.2) is 0 Å². The van der Waals surface area contributed by atoms with Gasteiger partial charge in [0.25, 0.3) is 0 Å².